The van der Waals surface area contributed by atoms with Gasteiger partial charge in [-0.2, -0.15) is 13.2 Å². The molecule has 1 aromatic rings. The van der Waals surface area contributed by atoms with Crippen LogP contribution in [0.25, 0.3) is 0 Å². The Morgan fingerprint density at radius 2 is 2.12 bits per heavy atom. The molecule has 1 aliphatic rings. The lowest BCUT2D eigenvalue weighted by Gasteiger charge is -2.29. The summed E-state index contributed by atoms with van der Waals surface area (Å²) in [7, 11) is 0. The number of urea groups is 1. The van der Waals surface area contributed by atoms with Crippen molar-refractivity contribution in [2.45, 2.75) is 38.1 Å². The number of halogens is 3. The lowest BCUT2D eigenvalue weighted by atomic mass is 10.1. The Morgan fingerprint density at radius 3 is 2.67 bits per heavy atom. The first kappa shape index (κ1) is 17.7. The molecule has 1 unspecified atom stereocenters. The molecule has 7 nitrogen and oxygen atoms in total. The van der Waals surface area contributed by atoms with Crippen molar-refractivity contribution in [3.8, 4) is 0 Å². The maximum absolute atomic E-state index is 13.5. The summed E-state index contributed by atoms with van der Waals surface area (Å²) in [6.07, 6.45) is -2.33. The molecule has 0 aromatic carbocycles. The Hall–Kier alpha value is -2.65. The van der Waals surface area contributed by atoms with Crippen molar-refractivity contribution in [1.29, 1.82) is 0 Å². The Balaban J connectivity index is 2.31. The van der Waals surface area contributed by atoms with E-state index in [9.17, 15) is 27.6 Å². The van der Waals surface area contributed by atoms with E-state index in [-0.39, 0.29) is 13.0 Å². The van der Waals surface area contributed by atoms with Crippen LogP contribution in [-0.4, -0.2) is 39.6 Å². The van der Waals surface area contributed by atoms with Gasteiger partial charge < -0.3 is 5.32 Å². The molecule has 0 saturated carbocycles. The van der Waals surface area contributed by atoms with Gasteiger partial charge >= 0.3 is 12.2 Å². The average Bonchev–Trinajstić information content (AvgIpc) is 2.73. The Kier molecular flexibility index (Phi) is 4.76. The molecule has 24 heavy (non-hydrogen) atoms. The van der Waals surface area contributed by atoms with Crippen LogP contribution < -0.4 is 10.6 Å². The highest BCUT2D eigenvalue weighted by molar-refractivity contribution is 6.08. The standard InChI is InChI=1S/C14H15F3N4O3/c1-2-4-10(22)19-13(14(15,16)17)11(23)21(12(24)20-13)8-9-5-3-6-18-7-9/h3,5-7H,2,4,8H2,1H3,(H,19,22)(H,20,24). The molecular formula is C14H15F3N4O3. The van der Waals surface area contributed by atoms with Crippen molar-refractivity contribution in [3.63, 3.8) is 0 Å². The molecule has 4 amide bonds. The molecule has 0 bridgehead atoms. The molecule has 0 spiro atoms. The number of carbonyl (C=O) groups excluding carboxylic acids is 3. The van der Waals surface area contributed by atoms with Crippen molar-refractivity contribution in [1.82, 2.24) is 20.5 Å². The molecule has 10 heteroatoms. The van der Waals surface area contributed by atoms with Crippen LogP contribution in [-0.2, 0) is 16.1 Å². The van der Waals surface area contributed by atoms with E-state index in [4.69, 9.17) is 0 Å². The zero-order valence-electron chi connectivity index (χ0n) is 12.7. The predicted molar refractivity (Wildman–Crippen MR) is 75.2 cm³/mol. The van der Waals surface area contributed by atoms with Gasteiger partial charge in [0.15, 0.2) is 0 Å². The number of carbonyl (C=O) groups is 3. The van der Waals surface area contributed by atoms with Gasteiger partial charge in [-0.25, -0.2) is 4.79 Å². The van der Waals surface area contributed by atoms with E-state index in [2.05, 4.69) is 4.98 Å². The van der Waals surface area contributed by atoms with Crippen LogP contribution in [0.1, 0.15) is 25.3 Å². The van der Waals surface area contributed by atoms with Crippen molar-refractivity contribution >= 4 is 17.8 Å². The van der Waals surface area contributed by atoms with Crippen LogP contribution in [0.5, 0.6) is 0 Å². The van der Waals surface area contributed by atoms with Gasteiger partial charge in [0.2, 0.25) is 5.91 Å². The molecule has 2 N–H and O–H groups in total. The fourth-order valence-electron chi connectivity index (χ4n) is 2.24. The molecule has 1 atom stereocenters. The number of nitrogens with zero attached hydrogens (tertiary/aromatic N) is 2. The van der Waals surface area contributed by atoms with Crippen LogP contribution in [0.15, 0.2) is 24.5 Å². The number of rotatable bonds is 5. The van der Waals surface area contributed by atoms with E-state index in [1.165, 1.54) is 24.5 Å². The average molecular weight is 344 g/mol. The van der Waals surface area contributed by atoms with Crippen LogP contribution in [0.3, 0.4) is 0 Å². The van der Waals surface area contributed by atoms with E-state index in [0.717, 1.165) is 0 Å². The van der Waals surface area contributed by atoms with E-state index >= 15 is 0 Å². The molecule has 0 radical (unpaired) electrons. The Morgan fingerprint density at radius 1 is 1.42 bits per heavy atom. The first-order valence-electron chi connectivity index (χ1n) is 7.12. The Labute approximate surface area is 135 Å². The van der Waals surface area contributed by atoms with Gasteiger partial charge in [0.1, 0.15) is 0 Å². The van der Waals surface area contributed by atoms with Crippen LogP contribution in [0.4, 0.5) is 18.0 Å². The number of hydrogen-bond donors (Lipinski definition) is 2. The maximum atomic E-state index is 13.5. The summed E-state index contributed by atoms with van der Waals surface area (Å²) >= 11 is 0. The van der Waals surface area contributed by atoms with Gasteiger partial charge in [0.25, 0.3) is 11.6 Å². The second kappa shape index (κ2) is 6.46. The van der Waals surface area contributed by atoms with Crippen LogP contribution in [0.2, 0.25) is 0 Å². The van der Waals surface area contributed by atoms with Gasteiger partial charge in [0.05, 0.1) is 6.54 Å². The minimum atomic E-state index is -5.19. The number of alkyl halides is 3. The van der Waals surface area contributed by atoms with Gasteiger partial charge in [0, 0.05) is 18.8 Å². The summed E-state index contributed by atoms with van der Waals surface area (Å²) < 4.78 is 40.4. The third-order valence-corrected chi connectivity index (χ3v) is 3.40. The second-order valence-electron chi connectivity index (χ2n) is 5.23. The third kappa shape index (κ3) is 3.17. The summed E-state index contributed by atoms with van der Waals surface area (Å²) in [6.45, 7) is 1.21. The minimum absolute atomic E-state index is 0.205. The van der Waals surface area contributed by atoms with Gasteiger partial charge in [-0.1, -0.05) is 13.0 Å². The number of nitrogens with one attached hydrogen (secondary N) is 2. The number of aromatic nitrogens is 1. The maximum Gasteiger partial charge on any atom is 0.440 e. The molecule has 1 aromatic heterocycles. The SMILES string of the molecule is CCCC(=O)NC1(C(F)(F)F)NC(=O)N(Cc2cccnc2)C1=O. The summed E-state index contributed by atoms with van der Waals surface area (Å²) in [4.78, 5) is 40.0. The summed E-state index contributed by atoms with van der Waals surface area (Å²) in [5, 5.41) is 3.20. The fraction of sp³-hybridized carbons (Fsp3) is 0.429. The topological polar surface area (TPSA) is 91.4 Å². The van der Waals surface area contributed by atoms with E-state index in [1.54, 1.807) is 17.6 Å². The quantitative estimate of drug-likeness (QED) is 0.788. The molecule has 1 fully saturated rings. The summed E-state index contributed by atoms with van der Waals surface area (Å²) in [5.74, 6) is -2.56. The van der Waals surface area contributed by atoms with E-state index in [0.29, 0.717) is 16.9 Å². The smallest absolute Gasteiger partial charge is 0.318 e. The van der Waals surface area contributed by atoms with E-state index in [1.807, 2.05) is 0 Å². The Bertz CT molecular complexity index is 650. The predicted octanol–water partition coefficient (Wildman–Crippen LogP) is 1.31. The molecule has 130 valence electrons. The highest BCUT2D eigenvalue weighted by Gasteiger charge is 2.68. The first-order valence-corrected chi connectivity index (χ1v) is 7.12. The first-order chi connectivity index (χ1) is 11.2. The molecule has 2 rings (SSSR count). The van der Waals surface area contributed by atoms with Crippen molar-refractivity contribution < 1.29 is 27.6 Å². The fourth-order valence-corrected chi connectivity index (χ4v) is 2.24. The highest BCUT2D eigenvalue weighted by Crippen LogP contribution is 2.34. The van der Waals surface area contributed by atoms with E-state index < -0.39 is 29.7 Å². The lowest BCUT2D eigenvalue weighted by molar-refractivity contribution is -0.204. The van der Waals surface area contributed by atoms with Crippen molar-refractivity contribution in [2.75, 3.05) is 0 Å². The normalized spacial score (nSPS) is 20.9. The molecule has 1 saturated heterocycles. The summed E-state index contributed by atoms with van der Waals surface area (Å²) in [5.41, 5.74) is -3.07. The minimum Gasteiger partial charge on any atom is -0.318 e. The van der Waals surface area contributed by atoms with Gasteiger partial charge in [-0.3, -0.25) is 24.8 Å². The van der Waals surface area contributed by atoms with Gasteiger partial charge in [-0.05, 0) is 18.1 Å². The monoisotopic (exact) mass is 344 g/mol. The zero-order valence-corrected chi connectivity index (χ0v) is 12.7. The molecule has 1 aliphatic heterocycles. The van der Waals surface area contributed by atoms with Crippen molar-refractivity contribution in [3.05, 3.63) is 30.1 Å². The van der Waals surface area contributed by atoms with Crippen LogP contribution >= 0.6 is 0 Å². The molecular weight excluding hydrogens is 329 g/mol. The second-order valence-corrected chi connectivity index (χ2v) is 5.23. The zero-order chi connectivity index (χ0) is 18.0. The third-order valence-electron chi connectivity index (χ3n) is 3.40. The largest absolute Gasteiger partial charge is 0.440 e. The lowest BCUT2D eigenvalue weighted by Crippen LogP contribution is -2.69. The van der Waals surface area contributed by atoms with Crippen LogP contribution in [0, 0.1) is 0 Å². The number of hydrogen-bond acceptors (Lipinski definition) is 4. The highest BCUT2D eigenvalue weighted by atomic mass is 19.4. The number of amides is 4. The van der Waals surface area contributed by atoms with Crippen molar-refractivity contribution in [2.24, 2.45) is 0 Å². The van der Waals surface area contributed by atoms with Gasteiger partial charge in [-0.15, -0.1) is 0 Å². The molecule has 2 heterocycles. The number of pyridine rings is 1. The number of imide groups is 1. The molecule has 0 aliphatic carbocycles. The summed E-state index contributed by atoms with van der Waals surface area (Å²) in [6, 6.07) is 1.79.